The molecule has 136 valence electrons. The van der Waals surface area contributed by atoms with Crippen LogP contribution in [-0.4, -0.2) is 24.7 Å². The Balaban J connectivity index is 1.52. The van der Waals surface area contributed by atoms with Crippen molar-refractivity contribution in [3.63, 3.8) is 0 Å². The second-order valence-corrected chi connectivity index (χ2v) is 6.29. The van der Waals surface area contributed by atoms with E-state index in [0.717, 1.165) is 29.2 Å². The number of benzene rings is 1. The maximum atomic E-state index is 5.74. The summed E-state index contributed by atoms with van der Waals surface area (Å²) in [6.07, 6.45) is 6.30. The van der Waals surface area contributed by atoms with Crippen molar-refractivity contribution >= 4 is 28.7 Å². The fraction of sp³-hybridized carbons (Fsp3) is 0.278. The standard InChI is InChI=1S/C18H22N6OS/c1-4-14-5-7-16(8-6-14)25-12-24-11-15(9-20-24)21-18(26)22-17-10-19-23(3)13(17)2/h5-11H,4,12H2,1-3H3,(H2,21,22,26). The molecule has 2 N–H and O–H groups in total. The number of rotatable bonds is 6. The van der Waals surface area contributed by atoms with Gasteiger partial charge in [-0.1, -0.05) is 19.1 Å². The zero-order chi connectivity index (χ0) is 18.5. The monoisotopic (exact) mass is 370 g/mol. The number of aryl methyl sites for hydroxylation is 2. The molecule has 0 aliphatic rings. The van der Waals surface area contributed by atoms with E-state index < -0.39 is 0 Å². The number of thiocarbonyl (C=S) groups is 1. The van der Waals surface area contributed by atoms with Gasteiger partial charge in [0, 0.05) is 7.05 Å². The van der Waals surface area contributed by atoms with E-state index in [0.29, 0.717) is 11.8 Å². The average Bonchev–Trinajstić information content (AvgIpc) is 3.22. The summed E-state index contributed by atoms with van der Waals surface area (Å²) in [5.74, 6) is 0.816. The van der Waals surface area contributed by atoms with E-state index in [1.54, 1.807) is 21.8 Å². The van der Waals surface area contributed by atoms with Crippen LogP contribution >= 0.6 is 12.2 Å². The van der Waals surface area contributed by atoms with E-state index in [-0.39, 0.29) is 0 Å². The topological polar surface area (TPSA) is 68.9 Å². The Morgan fingerprint density at radius 1 is 1.15 bits per heavy atom. The zero-order valence-electron chi connectivity index (χ0n) is 15.1. The van der Waals surface area contributed by atoms with E-state index >= 15 is 0 Å². The van der Waals surface area contributed by atoms with Gasteiger partial charge in [0.05, 0.1) is 35.7 Å². The Hall–Kier alpha value is -2.87. The summed E-state index contributed by atoms with van der Waals surface area (Å²) in [4.78, 5) is 0. The molecule has 1 aromatic carbocycles. The highest BCUT2D eigenvalue weighted by Crippen LogP contribution is 2.15. The fourth-order valence-electron chi connectivity index (χ4n) is 2.37. The van der Waals surface area contributed by atoms with Gasteiger partial charge < -0.3 is 15.4 Å². The van der Waals surface area contributed by atoms with Gasteiger partial charge in [-0.05, 0) is 43.3 Å². The second kappa shape index (κ2) is 8.01. The van der Waals surface area contributed by atoms with Gasteiger partial charge in [0.25, 0.3) is 0 Å². The first-order valence-electron chi connectivity index (χ1n) is 8.36. The van der Waals surface area contributed by atoms with Crippen molar-refractivity contribution in [2.45, 2.75) is 27.0 Å². The smallest absolute Gasteiger partial charge is 0.180 e. The first kappa shape index (κ1) is 17.9. The minimum atomic E-state index is 0.328. The predicted molar refractivity (Wildman–Crippen MR) is 106 cm³/mol. The molecule has 7 nitrogen and oxygen atoms in total. The van der Waals surface area contributed by atoms with Crippen molar-refractivity contribution < 1.29 is 4.74 Å². The van der Waals surface area contributed by atoms with Gasteiger partial charge in [0.1, 0.15) is 5.75 Å². The predicted octanol–water partition coefficient (Wildman–Crippen LogP) is 3.33. The Kier molecular flexibility index (Phi) is 5.52. The Bertz CT molecular complexity index is 883. The Morgan fingerprint density at radius 3 is 2.58 bits per heavy atom. The van der Waals surface area contributed by atoms with Gasteiger partial charge in [-0.15, -0.1) is 0 Å². The molecule has 0 radical (unpaired) electrons. The summed E-state index contributed by atoms with van der Waals surface area (Å²) >= 11 is 5.33. The molecule has 0 fully saturated rings. The van der Waals surface area contributed by atoms with Crippen LogP contribution in [0, 0.1) is 6.92 Å². The molecule has 2 heterocycles. The van der Waals surface area contributed by atoms with Crippen LogP contribution in [0.3, 0.4) is 0 Å². The molecule has 26 heavy (non-hydrogen) atoms. The number of aromatic nitrogens is 4. The third-order valence-electron chi connectivity index (χ3n) is 4.07. The fourth-order valence-corrected chi connectivity index (χ4v) is 2.59. The van der Waals surface area contributed by atoms with Crippen molar-refractivity contribution in [3.05, 3.63) is 54.1 Å². The molecule has 3 rings (SSSR count). The van der Waals surface area contributed by atoms with E-state index in [9.17, 15) is 0 Å². The third-order valence-corrected chi connectivity index (χ3v) is 4.27. The lowest BCUT2D eigenvalue weighted by atomic mass is 10.2. The SMILES string of the molecule is CCc1ccc(OCn2cc(NC(=S)Nc3cnn(C)c3C)cn2)cc1. The minimum absolute atomic E-state index is 0.328. The minimum Gasteiger partial charge on any atom is -0.471 e. The summed E-state index contributed by atoms with van der Waals surface area (Å²) in [6, 6.07) is 8.07. The summed E-state index contributed by atoms with van der Waals surface area (Å²) in [5.41, 5.74) is 3.95. The van der Waals surface area contributed by atoms with Crippen molar-refractivity contribution in [2.24, 2.45) is 7.05 Å². The average molecular weight is 370 g/mol. The molecule has 0 unspecified atom stereocenters. The Labute approximate surface area is 158 Å². The summed E-state index contributed by atoms with van der Waals surface area (Å²) in [6.45, 7) is 4.43. The van der Waals surface area contributed by atoms with Crippen LogP contribution < -0.4 is 15.4 Å². The number of nitrogens with one attached hydrogen (secondary N) is 2. The zero-order valence-corrected chi connectivity index (χ0v) is 15.9. The maximum absolute atomic E-state index is 5.74. The molecular formula is C18H22N6OS. The molecule has 0 bridgehead atoms. The molecule has 0 spiro atoms. The van der Waals surface area contributed by atoms with Crippen molar-refractivity contribution in [1.82, 2.24) is 19.6 Å². The van der Waals surface area contributed by atoms with Crippen LogP contribution in [0.5, 0.6) is 5.75 Å². The van der Waals surface area contributed by atoms with Crippen LogP contribution in [0.1, 0.15) is 18.2 Å². The number of hydrogen-bond acceptors (Lipinski definition) is 4. The number of nitrogens with zero attached hydrogens (tertiary/aromatic N) is 4. The molecule has 0 saturated heterocycles. The third kappa shape index (κ3) is 4.40. The largest absolute Gasteiger partial charge is 0.471 e. The lowest BCUT2D eigenvalue weighted by Gasteiger charge is -2.08. The molecule has 3 aromatic rings. The second-order valence-electron chi connectivity index (χ2n) is 5.89. The van der Waals surface area contributed by atoms with Gasteiger partial charge in [-0.25, -0.2) is 4.68 Å². The van der Waals surface area contributed by atoms with Gasteiger partial charge in [0.2, 0.25) is 0 Å². The molecule has 0 saturated carbocycles. The summed E-state index contributed by atoms with van der Waals surface area (Å²) < 4.78 is 9.22. The van der Waals surface area contributed by atoms with Crippen LogP contribution in [0.2, 0.25) is 0 Å². The van der Waals surface area contributed by atoms with Gasteiger partial charge >= 0.3 is 0 Å². The van der Waals surface area contributed by atoms with Gasteiger partial charge in [-0.3, -0.25) is 4.68 Å². The van der Waals surface area contributed by atoms with Crippen molar-refractivity contribution in [1.29, 1.82) is 0 Å². The first-order chi connectivity index (χ1) is 12.5. The lowest BCUT2D eigenvalue weighted by Crippen LogP contribution is -2.19. The molecule has 0 atom stereocenters. The van der Waals surface area contributed by atoms with Gasteiger partial charge in [-0.2, -0.15) is 10.2 Å². The highest BCUT2D eigenvalue weighted by atomic mass is 32.1. The molecule has 8 heteroatoms. The maximum Gasteiger partial charge on any atom is 0.180 e. The molecule has 0 amide bonds. The first-order valence-corrected chi connectivity index (χ1v) is 8.76. The van der Waals surface area contributed by atoms with E-state index in [2.05, 4.69) is 39.9 Å². The van der Waals surface area contributed by atoms with Crippen LogP contribution in [0.4, 0.5) is 11.4 Å². The van der Waals surface area contributed by atoms with Crippen molar-refractivity contribution in [2.75, 3.05) is 10.6 Å². The van der Waals surface area contributed by atoms with E-state index in [1.807, 2.05) is 32.3 Å². The van der Waals surface area contributed by atoms with Crippen LogP contribution in [-0.2, 0) is 20.2 Å². The number of hydrogen-bond donors (Lipinski definition) is 2. The molecule has 0 aliphatic carbocycles. The Morgan fingerprint density at radius 2 is 1.92 bits per heavy atom. The highest BCUT2D eigenvalue weighted by Gasteiger charge is 2.07. The van der Waals surface area contributed by atoms with E-state index in [4.69, 9.17) is 17.0 Å². The van der Waals surface area contributed by atoms with Crippen LogP contribution in [0.15, 0.2) is 42.9 Å². The molecule has 2 aromatic heterocycles. The molecular weight excluding hydrogens is 348 g/mol. The normalized spacial score (nSPS) is 10.6. The van der Waals surface area contributed by atoms with Crippen molar-refractivity contribution in [3.8, 4) is 5.75 Å². The number of ether oxygens (including phenoxy) is 1. The van der Waals surface area contributed by atoms with Crippen LogP contribution in [0.25, 0.3) is 0 Å². The highest BCUT2D eigenvalue weighted by molar-refractivity contribution is 7.80. The number of anilines is 2. The van der Waals surface area contributed by atoms with Gasteiger partial charge in [0.15, 0.2) is 11.8 Å². The lowest BCUT2D eigenvalue weighted by molar-refractivity contribution is 0.221. The molecule has 0 aliphatic heterocycles. The summed E-state index contributed by atoms with van der Waals surface area (Å²) in [7, 11) is 1.89. The summed E-state index contributed by atoms with van der Waals surface area (Å²) in [5, 5.41) is 15.2. The van der Waals surface area contributed by atoms with E-state index in [1.165, 1.54) is 5.56 Å². The quantitative estimate of drug-likeness (QED) is 0.649.